The van der Waals surface area contributed by atoms with Crippen molar-refractivity contribution in [3.8, 4) is 17.5 Å². The zero-order chi connectivity index (χ0) is 22.1. The molecule has 0 N–H and O–H groups in total. The normalized spacial score (nSPS) is 18.6. The van der Waals surface area contributed by atoms with Crippen molar-refractivity contribution in [2.45, 2.75) is 89.9 Å². The Morgan fingerprint density at radius 2 is 1.48 bits per heavy atom. The summed E-state index contributed by atoms with van der Waals surface area (Å²) in [6.07, 6.45) is 19.3. The number of nitriles is 1. The fourth-order valence-electron chi connectivity index (χ4n) is 4.68. The number of hydrogen-bond donors (Lipinski definition) is 0. The number of rotatable bonds is 10. The second kappa shape index (κ2) is 11.9. The molecule has 0 saturated heterocycles. The van der Waals surface area contributed by atoms with Crippen LogP contribution in [0, 0.1) is 28.9 Å². The molecule has 1 heterocycles. The van der Waals surface area contributed by atoms with Crippen LogP contribution in [0.5, 0.6) is 0 Å². The van der Waals surface area contributed by atoms with Gasteiger partial charge in [0.25, 0.3) is 0 Å². The lowest BCUT2D eigenvalue weighted by molar-refractivity contribution is 0.301. The van der Waals surface area contributed by atoms with E-state index in [-0.39, 0.29) is 11.4 Å². The van der Waals surface area contributed by atoms with Crippen molar-refractivity contribution < 1.29 is 8.78 Å². The summed E-state index contributed by atoms with van der Waals surface area (Å²) in [5.74, 6) is -0.182. The summed E-state index contributed by atoms with van der Waals surface area (Å²) >= 11 is 0. The Morgan fingerprint density at radius 1 is 0.903 bits per heavy atom. The lowest BCUT2D eigenvalue weighted by atomic mass is 9.77. The maximum Gasteiger partial charge on any atom is 0.159 e. The molecule has 0 aliphatic heterocycles. The van der Waals surface area contributed by atoms with Gasteiger partial charge in [-0.05, 0) is 55.2 Å². The second-order valence-corrected chi connectivity index (χ2v) is 8.89. The van der Waals surface area contributed by atoms with Crippen LogP contribution in [-0.2, 0) is 0 Å². The Labute approximate surface area is 184 Å². The Bertz CT molecular complexity index is 842. The molecule has 0 bridgehead atoms. The van der Waals surface area contributed by atoms with Crippen LogP contribution in [0.15, 0.2) is 24.5 Å². The zero-order valence-corrected chi connectivity index (χ0v) is 18.5. The third kappa shape index (κ3) is 6.56. The molecule has 2 aromatic rings. The molecule has 31 heavy (non-hydrogen) atoms. The van der Waals surface area contributed by atoms with E-state index in [0.29, 0.717) is 5.92 Å². The van der Waals surface area contributed by atoms with Crippen LogP contribution in [0.3, 0.4) is 0 Å². The summed E-state index contributed by atoms with van der Waals surface area (Å²) in [4.78, 5) is 8.69. The summed E-state index contributed by atoms with van der Waals surface area (Å²) in [5, 5.41) is 8.80. The molecule has 1 aromatic heterocycles. The first kappa shape index (κ1) is 23.3. The van der Waals surface area contributed by atoms with E-state index in [1.165, 1.54) is 70.3 Å². The summed E-state index contributed by atoms with van der Waals surface area (Å²) in [7, 11) is 0. The predicted molar refractivity (Wildman–Crippen MR) is 119 cm³/mol. The Kier molecular flexibility index (Phi) is 8.94. The van der Waals surface area contributed by atoms with E-state index < -0.39 is 17.2 Å². The van der Waals surface area contributed by atoms with Crippen LogP contribution in [0.4, 0.5) is 8.78 Å². The van der Waals surface area contributed by atoms with Crippen LogP contribution in [0.1, 0.15) is 101 Å². The fourth-order valence-corrected chi connectivity index (χ4v) is 4.68. The first-order valence-electron chi connectivity index (χ1n) is 11.8. The summed E-state index contributed by atoms with van der Waals surface area (Å²) in [5.41, 5.74) is 0.778. The smallest absolute Gasteiger partial charge is 0.159 e. The molecule has 5 heteroatoms. The van der Waals surface area contributed by atoms with E-state index >= 15 is 0 Å². The largest absolute Gasteiger partial charge is 0.236 e. The molecule has 1 aromatic carbocycles. The van der Waals surface area contributed by atoms with Gasteiger partial charge in [0.2, 0.25) is 0 Å². The van der Waals surface area contributed by atoms with Gasteiger partial charge in [-0.15, -0.1) is 0 Å². The molecule has 1 fully saturated rings. The monoisotopic (exact) mass is 425 g/mol. The molecule has 166 valence electrons. The first-order valence-corrected chi connectivity index (χ1v) is 11.8. The minimum Gasteiger partial charge on any atom is -0.236 e. The van der Waals surface area contributed by atoms with Crippen molar-refractivity contribution in [1.82, 2.24) is 9.97 Å². The van der Waals surface area contributed by atoms with E-state index in [1.54, 1.807) is 12.4 Å². The second-order valence-electron chi connectivity index (χ2n) is 8.89. The Morgan fingerprint density at radius 3 is 2.06 bits per heavy atom. The topological polar surface area (TPSA) is 49.6 Å². The third-order valence-electron chi connectivity index (χ3n) is 6.62. The van der Waals surface area contributed by atoms with E-state index in [9.17, 15) is 8.78 Å². The molecule has 1 aliphatic rings. The van der Waals surface area contributed by atoms with E-state index in [4.69, 9.17) is 5.26 Å². The molecule has 0 spiro atoms. The average Bonchev–Trinajstić information content (AvgIpc) is 2.79. The van der Waals surface area contributed by atoms with Crippen molar-refractivity contribution in [3.63, 3.8) is 0 Å². The number of halogens is 2. The van der Waals surface area contributed by atoms with Crippen LogP contribution in [0.25, 0.3) is 11.4 Å². The van der Waals surface area contributed by atoms with E-state index in [1.807, 2.05) is 0 Å². The van der Waals surface area contributed by atoms with Crippen molar-refractivity contribution in [2.75, 3.05) is 0 Å². The van der Waals surface area contributed by atoms with Crippen LogP contribution in [0.2, 0.25) is 0 Å². The lowest BCUT2D eigenvalue weighted by Gasteiger charge is -2.28. The Hall–Kier alpha value is -2.35. The standard InChI is InChI=1S/C26H33F2N3/c1-2-3-4-5-6-7-8-9-19-10-12-20(13-11-19)22-17-30-26(31-18-22)21-14-24(27)23(16-29)25(28)15-21/h14-15,17-20H,2-13H2,1H3/t19-,20-. The molecule has 0 atom stereocenters. The molecule has 1 saturated carbocycles. The van der Waals surface area contributed by atoms with Gasteiger partial charge in [-0.1, -0.05) is 58.3 Å². The molecule has 3 rings (SSSR count). The maximum atomic E-state index is 13.9. The molecular weight excluding hydrogens is 392 g/mol. The number of benzene rings is 1. The van der Waals surface area contributed by atoms with Gasteiger partial charge in [-0.2, -0.15) is 5.26 Å². The highest BCUT2D eigenvalue weighted by Gasteiger charge is 2.23. The maximum absolute atomic E-state index is 13.9. The quantitative estimate of drug-likeness (QED) is 0.366. The summed E-state index contributed by atoms with van der Waals surface area (Å²) in [6, 6.07) is 3.77. The highest BCUT2D eigenvalue weighted by atomic mass is 19.1. The molecule has 0 amide bonds. The van der Waals surface area contributed by atoms with E-state index in [2.05, 4.69) is 16.9 Å². The van der Waals surface area contributed by atoms with Crippen molar-refractivity contribution in [2.24, 2.45) is 5.92 Å². The predicted octanol–water partition coefficient (Wildman–Crippen LogP) is 7.71. The molecule has 0 radical (unpaired) electrons. The third-order valence-corrected chi connectivity index (χ3v) is 6.62. The van der Waals surface area contributed by atoms with Crippen molar-refractivity contribution >= 4 is 0 Å². The summed E-state index contributed by atoms with van der Waals surface area (Å²) in [6.45, 7) is 2.26. The van der Waals surface area contributed by atoms with Crippen molar-refractivity contribution in [1.29, 1.82) is 5.26 Å². The number of unbranched alkanes of at least 4 members (excludes halogenated alkanes) is 6. The first-order chi connectivity index (χ1) is 15.1. The number of aromatic nitrogens is 2. The number of nitrogens with zero attached hydrogens (tertiary/aromatic N) is 3. The van der Waals surface area contributed by atoms with Gasteiger partial charge < -0.3 is 0 Å². The van der Waals surface area contributed by atoms with Crippen LogP contribution >= 0.6 is 0 Å². The van der Waals surface area contributed by atoms with E-state index in [0.717, 1.165) is 36.5 Å². The Balaban J connectivity index is 1.46. The average molecular weight is 426 g/mol. The van der Waals surface area contributed by atoms with Gasteiger partial charge in [0, 0.05) is 18.0 Å². The van der Waals surface area contributed by atoms with Gasteiger partial charge in [0.1, 0.15) is 23.3 Å². The van der Waals surface area contributed by atoms with Crippen LogP contribution < -0.4 is 0 Å². The molecular formula is C26H33F2N3. The van der Waals surface area contributed by atoms with Gasteiger partial charge in [0.05, 0.1) is 0 Å². The molecule has 0 unspecified atom stereocenters. The van der Waals surface area contributed by atoms with Gasteiger partial charge in [-0.25, -0.2) is 18.7 Å². The molecule has 3 nitrogen and oxygen atoms in total. The minimum absolute atomic E-state index is 0.249. The van der Waals surface area contributed by atoms with Gasteiger partial charge in [0.15, 0.2) is 5.82 Å². The fraction of sp³-hybridized carbons (Fsp3) is 0.577. The summed E-state index contributed by atoms with van der Waals surface area (Å²) < 4.78 is 27.7. The minimum atomic E-state index is -0.885. The van der Waals surface area contributed by atoms with Crippen molar-refractivity contribution in [3.05, 3.63) is 47.3 Å². The van der Waals surface area contributed by atoms with Gasteiger partial charge in [-0.3, -0.25) is 0 Å². The SMILES string of the molecule is CCCCCCCCC[C@H]1CC[C@H](c2cnc(-c3cc(F)c(C#N)c(F)c3)nc2)CC1. The lowest BCUT2D eigenvalue weighted by Crippen LogP contribution is -2.14. The number of hydrogen-bond acceptors (Lipinski definition) is 3. The zero-order valence-electron chi connectivity index (χ0n) is 18.5. The van der Waals surface area contributed by atoms with Crippen LogP contribution in [-0.4, -0.2) is 9.97 Å². The highest BCUT2D eigenvalue weighted by Crippen LogP contribution is 2.37. The highest BCUT2D eigenvalue weighted by molar-refractivity contribution is 5.57. The molecule has 1 aliphatic carbocycles. The van der Waals surface area contributed by atoms with Gasteiger partial charge >= 0.3 is 0 Å².